The van der Waals surface area contributed by atoms with E-state index in [1.54, 1.807) is 6.07 Å². The Labute approximate surface area is 101 Å². The summed E-state index contributed by atoms with van der Waals surface area (Å²) in [4.78, 5) is 1.15. The third kappa shape index (κ3) is 3.16. The van der Waals surface area contributed by atoms with Crippen LogP contribution in [-0.4, -0.2) is 24.1 Å². The predicted octanol–water partition coefficient (Wildman–Crippen LogP) is 3.30. The summed E-state index contributed by atoms with van der Waals surface area (Å²) in [6, 6.07) is 7.48. The van der Waals surface area contributed by atoms with E-state index in [9.17, 15) is 5.11 Å². The predicted molar refractivity (Wildman–Crippen MR) is 67.0 cm³/mol. The molecule has 88 valence electrons. The lowest BCUT2D eigenvalue weighted by atomic mass is 9.85. The van der Waals surface area contributed by atoms with Crippen molar-refractivity contribution >= 4 is 11.8 Å². The van der Waals surface area contributed by atoms with E-state index in [0.29, 0.717) is 11.2 Å². The summed E-state index contributed by atoms with van der Waals surface area (Å²) in [7, 11) is 0. The molecule has 1 N–H and O–H groups in total. The average Bonchev–Trinajstić information content (AvgIpc) is 2.28. The third-order valence-electron chi connectivity index (χ3n) is 3.10. The van der Waals surface area contributed by atoms with E-state index in [1.807, 2.05) is 30.0 Å². The Morgan fingerprint density at radius 2 is 2.12 bits per heavy atom. The molecule has 1 aliphatic rings. The number of aromatic hydroxyl groups is 1. The highest BCUT2D eigenvalue weighted by atomic mass is 32.2. The summed E-state index contributed by atoms with van der Waals surface area (Å²) >= 11 is 1.82. The third-order valence-corrected chi connectivity index (χ3v) is 4.53. The fraction of sp³-hybridized carbons (Fsp3) is 0.538. The topological polar surface area (TPSA) is 29.5 Å². The van der Waals surface area contributed by atoms with Gasteiger partial charge in [0.1, 0.15) is 5.75 Å². The zero-order valence-corrected chi connectivity index (χ0v) is 10.4. The van der Waals surface area contributed by atoms with Gasteiger partial charge in [-0.1, -0.05) is 13.0 Å². The molecule has 0 aromatic heterocycles. The van der Waals surface area contributed by atoms with Crippen molar-refractivity contribution in [2.75, 3.05) is 19.0 Å². The van der Waals surface area contributed by atoms with Crippen LogP contribution in [-0.2, 0) is 4.74 Å². The Hall–Kier alpha value is -0.670. The van der Waals surface area contributed by atoms with Crippen molar-refractivity contribution in [1.29, 1.82) is 0 Å². The zero-order chi connectivity index (χ0) is 11.4. The molecule has 1 fully saturated rings. The molecule has 1 aromatic rings. The van der Waals surface area contributed by atoms with Gasteiger partial charge in [0.05, 0.1) is 0 Å². The van der Waals surface area contributed by atoms with E-state index in [2.05, 4.69) is 6.92 Å². The van der Waals surface area contributed by atoms with Crippen LogP contribution in [0.15, 0.2) is 29.2 Å². The lowest BCUT2D eigenvalue weighted by Gasteiger charge is -2.33. The second kappa shape index (κ2) is 5.11. The number of benzene rings is 1. The van der Waals surface area contributed by atoms with Gasteiger partial charge in [0.15, 0.2) is 0 Å². The first kappa shape index (κ1) is 11.8. The Morgan fingerprint density at radius 1 is 1.38 bits per heavy atom. The van der Waals surface area contributed by atoms with Gasteiger partial charge in [-0.25, -0.2) is 0 Å². The van der Waals surface area contributed by atoms with Crippen LogP contribution in [0.2, 0.25) is 0 Å². The second-order valence-corrected chi connectivity index (χ2v) is 5.76. The van der Waals surface area contributed by atoms with Gasteiger partial charge in [-0.3, -0.25) is 0 Å². The van der Waals surface area contributed by atoms with E-state index < -0.39 is 0 Å². The fourth-order valence-electron chi connectivity index (χ4n) is 1.84. The van der Waals surface area contributed by atoms with Gasteiger partial charge in [0, 0.05) is 23.9 Å². The molecule has 2 rings (SSSR count). The van der Waals surface area contributed by atoms with Crippen molar-refractivity contribution < 1.29 is 9.84 Å². The summed E-state index contributed by atoms with van der Waals surface area (Å²) < 4.78 is 5.39. The molecule has 1 aliphatic heterocycles. The Balaban J connectivity index is 1.91. The van der Waals surface area contributed by atoms with Crippen LogP contribution in [0.4, 0.5) is 0 Å². The quantitative estimate of drug-likeness (QED) is 0.819. The lowest BCUT2D eigenvalue weighted by Crippen LogP contribution is -2.28. The number of hydrogen-bond acceptors (Lipinski definition) is 3. The van der Waals surface area contributed by atoms with Crippen LogP contribution in [0.25, 0.3) is 0 Å². The molecular weight excluding hydrogens is 220 g/mol. The Kier molecular flexibility index (Phi) is 3.77. The first-order chi connectivity index (χ1) is 7.68. The molecule has 0 amide bonds. The minimum Gasteiger partial charge on any atom is -0.508 e. The van der Waals surface area contributed by atoms with E-state index in [1.165, 1.54) is 0 Å². The number of phenols is 1. The van der Waals surface area contributed by atoms with E-state index in [0.717, 1.165) is 36.7 Å². The molecule has 2 nitrogen and oxygen atoms in total. The molecule has 1 saturated heterocycles. The van der Waals surface area contributed by atoms with Crippen molar-refractivity contribution in [2.45, 2.75) is 24.7 Å². The van der Waals surface area contributed by atoms with E-state index in [4.69, 9.17) is 4.74 Å². The molecule has 3 heteroatoms. The molecule has 0 bridgehead atoms. The van der Waals surface area contributed by atoms with Gasteiger partial charge in [0.25, 0.3) is 0 Å². The van der Waals surface area contributed by atoms with Crippen molar-refractivity contribution in [3.8, 4) is 5.75 Å². The standard InChI is InChI=1S/C13H18O2S/c1-13(5-7-15-8-6-13)10-16-12-4-2-3-11(14)9-12/h2-4,9,14H,5-8,10H2,1H3. The van der Waals surface area contributed by atoms with Crippen LogP contribution in [0.3, 0.4) is 0 Å². The van der Waals surface area contributed by atoms with Crippen molar-refractivity contribution in [1.82, 2.24) is 0 Å². The number of thioether (sulfide) groups is 1. The monoisotopic (exact) mass is 238 g/mol. The Morgan fingerprint density at radius 3 is 2.81 bits per heavy atom. The first-order valence-electron chi connectivity index (χ1n) is 5.68. The second-order valence-electron chi connectivity index (χ2n) is 4.71. The summed E-state index contributed by atoms with van der Waals surface area (Å²) in [6.07, 6.45) is 2.28. The molecule has 0 atom stereocenters. The van der Waals surface area contributed by atoms with Gasteiger partial charge < -0.3 is 9.84 Å². The summed E-state index contributed by atoms with van der Waals surface area (Å²) in [5.41, 5.74) is 0.383. The lowest BCUT2D eigenvalue weighted by molar-refractivity contribution is 0.0348. The summed E-state index contributed by atoms with van der Waals surface area (Å²) in [5.74, 6) is 1.45. The molecule has 16 heavy (non-hydrogen) atoms. The van der Waals surface area contributed by atoms with Crippen LogP contribution in [0, 0.1) is 5.41 Å². The molecule has 1 aromatic carbocycles. The van der Waals surface area contributed by atoms with Crippen LogP contribution in [0.5, 0.6) is 5.75 Å². The highest BCUT2D eigenvalue weighted by Crippen LogP contribution is 2.36. The van der Waals surface area contributed by atoms with Crippen molar-refractivity contribution in [2.24, 2.45) is 5.41 Å². The van der Waals surface area contributed by atoms with Gasteiger partial charge in [-0.15, -0.1) is 11.8 Å². The van der Waals surface area contributed by atoms with Crippen molar-refractivity contribution in [3.05, 3.63) is 24.3 Å². The largest absolute Gasteiger partial charge is 0.508 e. The highest BCUT2D eigenvalue weighted by molar-refractivity contribution is 7.99. The van der Waals surface area contributed by atoms with Gasteiger partial charge in [-0.2, -0.15) is 0 Å². The molecule has 0 unspecified atom stereocenters. The molecule has 0 spiro atoms. The molecule has 1 heterocycles. The van der Waals surface area contributed by atoms with Gasteiger partial charge in [-0.05, 0) is 36.5 Å². The molecule has 0 aliphatic carbocycles. The first-order valence-corrected chi connectivity index (χ1v) is 6.66. The average molecular weight is 238 g/mol. The van der Waals surface area contributed by atoms with E-state index in [-0.39, 0.29) is 0 Å². The fourth-order valence-corrected chi connectivity index (χ4v) is 3.02. The SMILES string of the molecule is CC1(CSc2cccc(O)c2)CCOCC1. The number of phenolic OH excluding ortho intramolecular Hbond substituents is 1. The molecular formula is C13H18O2S. The zero-order valence-electron chi connectivity index (χ0n) is 9.61. The maximum Gasteiger partial charge on any atom is 0.116 e. The maximum absolute atomic E-state index is 9.38. The van der Waals surface area contributed by atoms with E-state index >= 15 is 0 Å². The normalized spacial score (nSPS) is 19.6. The number of rotatable bonds is 3. The molecule has 0 saturated carbocycles. The van der Waals surface area contributed by atoms with Gasteiger partial charge >= 0.3 is 0 Å². The van der Waals surface area contributed by atoms with Crippen LogP contribution >= 0.6 is 11.8 Å². The Bertz CT molecular complexity index is 346. The smallest absolute Gasteiger partial charge is 0.116 e. The minimum absolute atomic E-state index is 0.349. The summed E-state index contributed by atoms with van der Waals surface area (Å²) in [6.45, 7) is 4.10. The van der Waals surface area contributed by atoms with Crippen LogP contribution < -0.4 is 0 Å². The van der Waals surface area contributed by atoms with Gasteiger partial charge in [0.2, 0.25) is 0 Å². The number of ether oxygens (including phenoxy) is 1. The van der Waals surface area contributed by atoms with Crippen LogP contribution in [0.1, 0.15) is 19.8 Å². The number of hydrogen-bond donors (Lipinski definition) is 1. The maximum atomic E-state index is 9.38. The molecule has 0 radical (unpaired) electrons. The van der Waals surface area contributed by atoms with Crippen molar-refractivity contribution in [3.63, 3.8) is 0 Å². The summed E-state index contributed by atoms with van der Waals surface area (Å²) in [5, 5.41) is 9.38. The highest BCUT2D eigenvalue weighted by Gasteiger charge is 2.27. The minimum atomic E-state index is 0.349.